The summed E-state index contributed by atoms with van der Waals surface area (Å²) in [6, 6.07) is 7.73. The van der Waals surface area contributed by atoms with Crippen LogP contribution in [0.2, 0.25) is 5.02 Å². The molecule has 0 aliphatic carbocycles. The number of hydrogen-bond donors (Lipinski definition) is 1. The van der Waals surface area contributed by atoms with Gasteiger partial charge in [-0.15, -0.1) is 0 Å². The molecule has 1 aromatic heterocycles. The van der Waals surface area contributed by atoms with Crippen LogP contribution < -0.4 is 0 Å². The molecule has 1 aromatic carbocycles. The molecular formula is C10H9ClN2. The second kappa shape index (κ2) is 3.23. The number of aryl methyl sites for hydroxylation is 1. The van der Waals surface area contributed by atoms with Crippen molar-refractivity contribution in [1.29, 1.82) is 0 Å². The number of aromatic nitrogens is 2. The van der Waals surface area contributed by atoms with E-state index < -0.39 is 0 Å². The fourth-order valence-electron chi connectivity index (χ4n) is 1.27. The van der Waals surface area contributed by atoms with Crippen molar-refractivity contribution in [1.82, 2.24) is 10.2 Å². The predicted molar refractivity (Wildman–Crippen MR) is 53.8 cm³/mol. The van der Waals surface area contributed by atoms with Gasteiger partial charge in [0.2, 0.25) is 0 Å². The van der Waals surface area contributed by atoms with Crippen molar-refractivity contribution in [3.63, 3.8) is 0 Å². The highest BCUT2D eigenvalue weighted by atomic mass is 35.5. The van der Waals surface area contributed by atoms with Crippen molar-refractivity contribution in [3.8, 4) is 11.1 Å². The summed E-state index contributed by atoms with van der Waals surface area (Å²) in [5.41, 5.74) is 3.33. The molecule has 2 aromatic rings. The van der Waals surface area contributed by atoms with Crippen molar-refractivity contribution >= 4 is 11.6 Å². The molecular weight excluding hydrogens is 184 g/mol. The average Bonchev–Trinajstić information content (AvgIpc) is 2.53. The topological polar surface area (TPSA) is 28.7 Å². The van der Waals surface area contributed by atoms with Gasteiger partial charge in [-0.1, -0.05) is 23.7 Å². The zero-order valence-electron chi connectivity index (χ0n) is 7.21. The standard InChI is InChI=1S/C10H9ClN2/c1-7-10(6-12-13-7)8-2-4-9(11)5-3-8/h2-6H,1H3,(H,12,13). The molecule has 13 heavy (non-hydrogen) atoms. The van der Waals surface area contributed by atoms with E-state index in [0.717, 1.165) is 21.8 Å². The van der Waals surface area contributed by atoms with E-state index in [1.165, 1.54) is 0 Å². The lowest BCUT2D eigenvalue weighted by molar-refractivity contribution is 1.05. The third-order valence-electron chi connectivity index (χ3n) is 1.99. The molecule has 0 unspecified atom stereocenters. The zero-order valence-corrected chi connectivity index (χ0v) is 7.97. The second-order valence-electron chi connectivity index (χ2n) is 2.92. The number of benzene rings is 1. The summed E-state index contributed by atoms with van der Waals surface area (Å²) in [4.78, 5) is 0. The van der Waals surface area contributed by atoms with E-state index in [1.54, 1.807) is 0 Å². The average molecular weight is 193 g/mol. The number of nitrogens with zero attached hydrogens (tertiary/aromatic N) is 1. The Kier molecular flexibility index (Phi) is 2.07. The number of rotatable bonds is 1. The van der Waals surface area contributed by atoms with Gasteiger partial charge >= 0.3 is 0 Å². The van der Waals surface area contributed by atoms with Gasteiger partial charge in [0, 0.05) is 16.3 Å². The molecule has 0 fully saturated rings. The quantitative estimate of drug-likeness (QED) is 0.739. The fraction of sp³-hybridized carbons (Fsp3) is 0.100. The lowest BCUT2D eigenvalue weighted by Gasteiger charge is -1.98. The van der Waals surface area contributed by atoms with Gasteiger partial charge in [-0.25, -0.2) is 0 Å². The Hall–Kier alpha value is -1.28. The minimum absolute atomic E-state index is 0.755. The summed E-state index contributed by atoms with van der Waals surface area (Å²) in [6.45, 7) is 2.00. The maximum Gasteiger partial charge on any atom is 0.0568 e. The van der Waals surface area contributed by atoms with E-state index >= 15 is 0 Å². The monoisotopic (exact) mass is 192 g/mol. The maximum atomic E-state index is 5.79. The third kappa shape index (κ3) is 1.58. The lowest BCUT2D eigenvalue weighted by atomic mass is 10.1. The van der Waals surface area contributed by atoms with Crippen LogP contribution in [-0.2, 0) is 0 Å². The van der Waals surface area contributed by atoms with Gasteiger partial charge in [-0.3, -0.25) is 5.10 Å². The molecule has 2 nitrogen and oxygen atoms in total. The molecule has 1 N–H and O–H groups in total. The number of aromatic amines is 1. The molecule has 0 aliphatic rings. The SMILES string of the molecule is Cc1[nH]ncc1-c1ccc(Cl)cc1. The van der Waals surface area contributed by atoms with Crippen LogP contribution in [0, 0.1) is 6.92 Å². The van der Waals surface area contributed by atoms with Crippen LogP contribution >= 0.6 is 11.6 Å². The van der Waals surface area contributed by atoms with E-state index in [2.05, 4.69) is 10.2 Å². The van der Waals surface area contributed by atoms with Crippen LogP contribution in [0.5, 0.6) is 0 Å². The van der Waals surface area contributed by atoms with Crippen LogP contribution in [0.3, 0.4) is 0 Å². The highest BCUT2D eigenvalue weighted by molar-refractivity contribution is 6.30. The van der Waals surface area contributed by atoms with E-state index in [9.17, 15) is 0 Å². The Labute approximate surface area is 81.6 Å². The Bertz CT molecular complexity index is 403. The first kappa shape index (κ1) is 8.32. The van der Waals surface area contributed by atoms with Gasteiger partial charge in [0.15, 0.2) is 0 Å². The summed E-state index contributed by atoms with van der Waals surface area (Å²) in [7, 11) is 0. The minimum Gasteiger partial charge on any atom is -0.282 e. The predicted octanol–water partition coefficient (Wildman–Crippen LogP) is 3.04. The summed E-state index contributed by atoms with van der Waals surface area (Å²) < 4.78 is 0. The second-order valence-corrected chi connectivity index (χ2v) is 3.35. The molecule has 0 spiro atoms. The lowest BCUT2D eigenvalue weighted by Crippen LogP contribution is -1.77. The Balaban J connectivity index is 2.47. The van der Waals surface area contributed by atoms with Crippen LogP contribution in [0.1, 0.15) is 5.69 Å². The summed E-state index contributed by atoms with van der Waals surface area (Å²) >= 11 is 5.79. The van der Waals surface area contributed by atoms with Crippen molar-refractivity contribution in [2.45, 2.75) is 6.92 Å². The molecule has 3 heteroatoms. The van der Waals surface area contributed by atoms with E-state index in [0.29, 0.717) is 0 Å². The molecule has 0 amide bonds. The van der Waals surface area contributed by atoms with Crippen molar-refractivity contribution < 1.29 is 0 Å². The normalized spacial score (nSPS) is 10.3. The molecule has 0 saturated carbocycles. The molecule has 0 aliphatic heterocycles. The molecule has 66 valence electrons. The largest absolute Gasteiger partial charge is 0.282 e. The number of H-pyrrole nitrogens is 1. The smallest absolute Gasteiger partial charge is 0.0568 e. The van der Waals surface area contributed by atoms with E-state index in [-0.39, 0.29) is 0 Å². The molecule has 0 saturated heterocycles. The van der Waals surface area contributed by atoms with Gasteiger partial charge in [0.05, 0.1) is 6.20 Å². The Morgan fingerprint density at radius 2 is 1.92 bits per heavy atom. The number of nitrogens with one attached hydrogen (secondary N) is 1. The van der Waals surface area contributed by atoms with Crippen LogP contribution in [0.15, 0.2) is 30.5 Å². The third-order valence-corrected chi connectivity index (χ3v) is 2.24. The number of halogens is 1. The van der Waals surface area contributed by atoms with Crippen LogP contribution in [-0.4, -0.2) is 10.2 Å². The molecule has 0 atom stereocenters. The minimum atomic E-state index is 0.755. The molecule has 1 heterocycles. The fourth-order valence-corrected chi connectivity index (χ4v) is 1.40. The molecule has 0 bridgehead atoms. The van der Waals surface area contributed by atoms with Gasteiger partial charge in [0.25, 0.3) is 0 Å². The Morgan fingerprint density at radius 1 is 1.23 bits per heavy atom. The summed E-state index contributed by atoms with van der Waals surface area (Å²) in [6.07, 6.45) is 1.82. The summed E-state index contributed by atoms with van der Waals surface area (Å²) in [5, 5.41) is 7.62. The number of hydrogen-bond acceptors (Lipinski definition) is 1. The first-order valence-electron chi connectivity index (χ1n) is 4.03. The van der Waals surface area contributed by atoms with Crippen LogP contribution in [0.4, 0.5) is 0 Å². The van der Waals surface area contributed by atoms with Gasteiger partial charge in [-0.05, 0) is 24.6 Å². The van der Waals surface area contributed by atoms with Crippen molar-refractivity contribution in [2.24, 2.45) is 0 Å². The van der Waals surface area contributed by atoms with E-state index in [1.807, 2.05) is 37.4 Å². The van der Waals surface area contributed by atoms with Gasteiger partial charge < -0.3 is 0 Å². The van der Waals surface area contributed by atoms with E-state index in [4.69, 9.17) is 11.6 Å². The highest BCUT2D eigenvalue weighted by Gasteiger charge is 2.02. The van der Waals surface area contributed by atoms with Gasteiger partial charge in [-0.2, -0.15) is 5.10 Å². The Morgan fingerprint density at radius 3 is 2.46 bits per heavy atom. The maximum absolute atomic E-state index is 5.79. The summed E-state index contributed by atoms with van der Waals surface area (Å²) in [5.74, 6) is 0. The first-order chi connectivity index (χ1) is 6.27. The zero-order chi connectivity index (χ0) is 9.26. The highest BCUT2D eigenvalue weighted by Crippen LogP contribution is 2.22. The van der Waals surface area contributed by atoms with Crippen molar-refractivity contribution in [2.75, 3.05) is 0 Å². The molecule has 0 radical (unpaired) electrons. The first-order valence-corrected chi connectivity index (χ1v) is 4.41. The van der Waals surface area contributed by atoms with Crippen molar-refractivity contribution in [3.05, 3.63) is 41.2 Å². The van der Waals surface area contributed by atoms with Crippen LogP contribution in [0.25, 0.3) is 11.1 Å². The molecule has 2 rings (SSSR count). The van der Waals surface area contributed by atoms with Gasteiger partial charge in [0.1, 0.15) is 0 Å².